The standard InChI is InChI=1S/C14H11NO4S/c1-19-12-4-2-3-5-14(12)20-13-7-6-11(15(17)18)8-10(13)9-16/h2-9H,1H3. The van der Waals surface area contributed by atoms with Crippen LogP contribution in [-0.4, -0.2) is 18.3 Å². The minimum Gasteiger partial charge on any atom is -0.496 e. The number of hydrogen-bond acceptors (Lipinski definition) is 5. The molecule has 5 nitrogen and oxygen atoms in total. The van der Waals surface area contributed by atoms with Gasteiger partial charge < -0.3 is 4.74 Å². The lowest BCUT2D eigenvalue weighted by Crippen LogP contribution is -1.92. The van der Waals surface area contributed by atoms with Crippen LogP contribution in [0.1, 0.15) is 10.4 Å². The molecule has 2 aromatic carbocycles. The van der Waals surface area contributed by atoms with Crippen molar-refractivity contribution in [1.82, 2.24) is 0 Å². The maximum Gasteiger partial charge on any atom is 0.270 e. The normalized spacial score (nSPS) is 10.1. The Morgan fingerprint density at radius 1 is 1.20 bits per heavy atom. The van der Waals surface area contributed by atoms with E-state index >= 15 is 0 Å². The lowest BCUT2D eigenvalue weighted by atomic mass is 10.2. The van der Waals surface area contributed by atoms with Gasteiger partial charge >= 0.3 is 0 Å². The summed E-state index contributed by atoms with van der Waals surface area (Å²) >= 11 is 1.33. The van der Waals surface area contributed by atoms with Crippen LogP contribution in [0.15, 0.2) is 52.3 Å². The van der Waals surface area contributed by atoms with E-state index in [9.17, 15) is 14.9 Å². The highest BCUT2D eigenvalue weighted by molar-refractivity contribution is 7.99. The van der Waals surface area contributed by atoms with Crippen molar-refractivity contribution in [3.05, 3.63) is 58.1 Å². The van der Waals surface area contributed by atoms with Crippen LogP contribution in [0.2, 0.25) is 0 Å². The molecule has 0 aliphatic rings. The highest BCUT2D eigenvalue weighted by atomic mass is 32.2. The molecular weight excluding hydrogens is 278 g/mol. The summed E-state index contributed by atoms with van der Waals surface area (Å²) < 4.78 is 5.24. The third kappa shape index (κ3) is 2.97. The van der Waals surface area contributed by atoms with Gasteiger partial charge in [-0.1, -0.05) is 23.9 Å². The van der Waals surface area contributed by atoms with Crippen LogP contribution < -0.4 is 4.74 Å². The van der Waals surface area contributed by atoms with Gasteiger partial charge in [0.25, 0.3) is 5.69 Å². The lowest BCUT2D eigenvalue weighted by Gasteiger charge is -2.08. The number of non-ortho nitro benzene ring substituents is 1. The van der Waals surface area contributed by atoms with E-state index in [1.54, 1.807) is 13.2 Å². The zero-order chi connectivity index (χ0) is 14.5. The van der Waals surface area contributed by atoms with Gasteiger partial charge in [-0.3, -0.25) is 14.9 Å². The van der Waals surface area contributed by atoms with Crippen LogP contribution in [0, 0.1) is 10.1 Å². The summed E-state index contributed by atoms with van der Waals surface area (Å²) in [7, 11) is 1.57. The molecule has 0 N–H and O–H groups in total. The number of hydrogen-bond donors (Lipinski definition) is 0. The number of carbonyl (C=O) groups is 1. The number of ether oxygens (including phenoxy) is 1. The molecule has 102 valence electrons. The molecule has 0 saturated heterocycles. The van der Waals surface area contributed by atoms with Crippen LogP contribution in [0.5, 0.6) is 5.75 Å². The van der Waals surface area contributed by atoms with Crippen LogP contribution in [0.25, 0.3) is 0 Å². The molecule has 0 saturated carbocycles. The van der Waals surface area contributed by atoms with Crippen molar-refractivity contribution in [3.63, 3.8) is 0 Å². The summed E-state index contributed by atoms with van der Waals surface area (Å²) in [4.78, 5) is 22.7. The summed E-state index contributed by atoms with van der Waals surface area (Å²) in [5, 5.41) is 10.7. The van der Waals surface area contributed by atoms with Gasteiger partial charge in [0.1, 0.15) is 5.75 Å². The fraction of sp³-hybridized carbons (Fsp3) is 0.0714. The van der Waals surface area contributed by atoms with E-state index < -0.39 is 4.92 Å². The predicted molar refractivity (Wildman–Crippen MR) is 75.6 cm³/mol. The van der Waals surface area contributed by atoms with Crippen LogP contribution in [0.3, 0.4) is 0 Å². The Balaban J connectivity index is 2.38. The first-order chi connectivity index (χ1) is 9.65. The number of methoxy groups -OCH3 is 1. The molecule has 0 bridgehead atoms. The number of aldehydes is 1. The van der Waals surface area contributed by atoms with Gasteiger partial charge in [0.2, 0.25) is 0 Å². The molecule has 0 atom stereocenters. The van der Waals surface area contributed by atoms with Gasteiger partial charge in [0.15, 0.2) is 6.29 Å². The highest BCUT2D eigenvalue weighted by Crippen LogP contribution is 2.36. The average Bonchev–Trinajstić information content (AvgIpc) is 2.48. The van der Waals surface area contributed by atoms with Crippen LogP contribution in [0.4, 0.5) is 5.69 Å². The molecule has 0 fully saturated rings. The zero-order valence-electron chi connectivity index (χ0n) is 10.6. The van der Waals surface area contributed by atoms with Crippen molar-refractivity contribution in [2.24, 2.45) is 0 Å². The van der Waals surface area contributed by atoms with Gasteiger partial charge in [-0.15, -0.1) is 0 Å². The largest absolute Gasteiger partial charge is 0.496 e. The lowest BCUT2D eigenvalue weighted by molar-refractivity contribution is -0.384. The Kier molecular flexibility index (Phi) is 4.37. The van der Waals surface area contributed by atoms with Crippen molar-refractivity contribution in [3.8, 4) is 5.75 Å². The Labute approximate surface area is 119 Å². The third-order valence-electron chi connectivity index (χ3n) is 2.62. The molecule has 0 aliphatic heterocycles. The summed E-state index contributed by atoms with van der Waals surface area (Å²) in [5.41, 5.74) is 0.187. The zero-order valence-corrected chi connectivity index (χ0v) is 11.4. The number of carbonyl (C=O) groups excluding carboxylic acids is 1. The topological polar surface area (TPSA) is 69.4 Å². The first-order valence-corrected chi connectivity index (χ1v) is 6.52. The minimum atomic E-state index is -0.523. The van der Waals surface area contributed by atoms with E-state index in [0.717, 1.165) is 4.90 Å². The highest BCUT2D eigenvalue weighted by Gasteiger charge is 2.12. The number of nitro benzene ring substituents is 1. The van der Waals surface area contributed by atoms with Crippen molar-refractivity contribution in [2.45, 2.75) is 9.79 Å². The molecule has 20 heavy (non-hydrogen) atoms. The van der Waals surface area contributed by atoms with Crippen molar-refractivity contribution < 1.29 is 14.5 Å². The third-order valence-corrected chi connectivity index (χ3v) is 3.77. The van der Waals surface area contributed by atoms with E-state index in [1.807, 2.05) is 24.3 Å². The Bertz CT molecular complexity index is 657. The molecule has 6 heteroatoms. The van der Waals surface area contributed by atoms with Gasteiger partial charge in [0, 0.05) is 22.6 Å². The van der Waals surface area contributed by atoms with Gasteiger partial charge in [-0.05, 0) is 18.2 Å². The summed E-state index contributed by atoms with van der Waals surface area (Å²) in [6, 6.07) is 11.6. The molecule has 0 aromatic heterocycles. The molecule has 0 heterocycles. The molecule has 0 spiro atoms. The quantitative estimate of drug-likeness (QED) is 0.478. The minimum absolute atomic E-state index is 0.100. The first kappa shape index (κ1) is 14.1. The fourth-order valence-corrected chi connectivity index (χ4v) is 2.65. The molecule has 2 aromatic rings. The van der Waals surface area contributed by atoms with E-state index in [1.165, 1.54) is 23.9 Å². The second-order valence-corrected chi connectivity index (χ2v) is 4.93. The Hall–Kier alpha value is -2.34. The number of nitro groups is 1. The number of para-hydroxylation sites is 1. The van der Waals surface area contributed by atoms with Crippen LogP contribution in [-0.2, 0) is 0 Å². The van der Waals surface area contributed by atoms with E-state index in [2.05, 4.69) is 0 Å². The SMILES string of the molecule is COc1ccccc1Sc1ccc([N+](=O)[O-])cc1C=O. The second kappa shape index (κ2) is 6.21. The molecule has 2 rings (SSSR count). The monoisotopic (exact) mass is 289 g/mol. The fourth-order valence-electron chi connectivity index (χ4n) is 1.66. The second-order valence-electron chi connectivity index (χ2n) is 3.85. The predicted octanol–water partition coefficient (Wildman–Crippen LogP) is 3.57. The van der Waals surface area contributed by atoms with Crippen molar-refractivity contribution in [1.29, 1.82) is 0 Å². The van der Waals surface area contributed by atoms with E-state index in [0.29, 0.717) is 16.9 Å². The van der Waals surface area contributed by atoms with Gasteiger partial charge in [0.05, 0.1) is 16.9 Å². The van der Waals surface area contributed by atoms with Crippen molar-refractivity contribution in [2.75, 3.05) is 7.11 Å². The summed E-state index contributed by atoms with van der Waals surface area (Å²) in [5.74, 6) is 0.688. The maximum absolute atomic E-state index is 11.1. The Morgan fingerprint density at radius 2 is 1.95 bits per heavy atom. The first-order valence-electron chi connectivity index (χ1n) is 5.70. The molecule has 0 amide bonds. The number of nitrogens with zero attached hydrogens (tertiary/aromatic N) is 1. The summed E-state index contributed by atoms with van der Waals surface area (Å²) in [6.45, 7) is 0. The molecular formula is C14H11NO4S. The van der Waals surface area contributed by atoms with Crippen LogP contribution >= 0.6 is 11.8 Å². The number of rotatable bonds is 5. The van der Waals surface area contributed by atoms with Gasteiger partial charge in [-0.2, -0.15) is 0 Å². The smallest absolute Gasteiger partial charge is 0.270 e. The average molecular weight is 289 g/mol. The molecule has 0 radical (unpaired) electrons. The Morgan fingerprint density at radius 3 is 2.60 bits per heavy atom. The number of benzene rings is 2. The van der Waals surface area contributed by atoms with Gasteiger partial charge in [-0.25, -0.2) is 0 Å². The molecule has 0 aliphatic carbocycles. The van der Waals surface area contributed by atoms with Crippen molar-refractivity contribution >= 4 is 23.7 Å². The summed E-state index contributed by atoms with van der Waals surface area (Å²) in [6.07, 6.45) is 0.616. The maximum atomic E-state index is 11.1. The van der Waals surface area contributed by atoms with E-state index in [-0.39, 0.29) is 11.3 Å². The molecule has 0 unspecified atom stereocenters. The van der Waals surface area contributed by atoms with E-state index in [4.69, 9.17) is 4.74 Å².